The molecule has 1 amide bonds. The molecule has 0 aromatic carbocycles. The molecule has 0 radical (unpaired) electrons. The number of piperidine rings is 1. The highest BCUT2D eigenvalue weighted by molar-refractivity contribution is 7.19. The van der Waals surface area contributed by atoms with Gasteiger partial charge in [0.05, 0.1) is 23.5 Å². The van der Waals surface area contributed by atoms with E-state index in [-0.39, 0.29) is 23.0 Å². The van der Waals surface area contributed by atoms with E-state index in [4.69, 9.17) is 4.84 Å². The Bertz CT molecular complexity index is 1480. The van der Waals surface area contributed by atoms with Crippen LogP contribution in [-0.2, 0) is 19.2 Å². The van der Waals surface area contributed by atoms with E-state index in [2.05, 4.69) is 16.5 Å². The van der Waals surface area contributed by atoms with E-state index in [1.54, 1.807) is 12.1 Å². The number of aliphatic hydroxyl groups is 1. The third kappa shape index (κ3) is 2.66. The number of rotatable bonds is 9. The van der Waals surface area contributed by atoms with E-state index in [0.29, 0.717) is 10.4 Å². The molecule has 0 unspecified atom stereocenters. The van der Waals surface area contributed by atoms with Crippen molar-refractivity contribution < 1.29 is 33.9 Å². The number of carbonyl (C=O) groups is 5. The lowest BCUT2D eigenvalue weighted by molar-refractivity contribution is -0.312. The van der Waals surface area contributed by atoms with Crippen molar-refractivity contribution in [1.82, 2.24) is 19.4 Å². The molecule has 1 N–H and O–H groups in total. The molecule has 3 aromatic rings. The highest BCUT2D eigenvalue weighted by Crippen LogP contribution is 2.64. The Balaban J connectivity index is 1.54. The molecule has 1 saturated heterocycles. The van der Waals surface area contributed by atoms with Crippen molar-refractivity contribution in [3.8, 4) is 0 Å². The highest BCUT2D eigenvalue weighted by atomic mass is 32.1. The largest absolute Gasteiger partial charge is 0.392 e. The lowest BCUT2D eigenvalue weighted by Gasteiger charge is -2.69. The molecule has 2 aliphatic rings. The number of nitrogens with zero attached hydrogens (tertiary/aromatic N) is 4. The monoisotopic (exact) mass is 508 g/mol. The second-order valence-electron chi connectivity index (χ2n) is 8.65. The van der Waals surface area contributed by atoms with Crippen LogP contribution in [0.25, 0.3) is 4.83 Å². The normalized spacial score (nSPS) is 24.6. The Morgan fingerprint density at radius 3 is 2.67 bits per heavy atom. The maximum absolute atomic E-state index is 13.6. The van der Waals surface area contributed by atoms with Gasteiger partial charge in [-0.05, 0) is 19.1 Å². The SMILES string of the molecule is C=CCON1C(=O)[C@@]2([C@@H](C)O)C(=O)C(=O)[C@]12[C@@H](C)C(=O)c1cn2cnc(C(=O)c3cccnc3)c2s1. The number of imidazole rings is 1. The maximum Gasteiger partial charge on any atom is 0.267 e. The van der Waals surface area contributed by atoms with Crippen molar-refractivity contribution in [2.24, 2.45) is 11.3 Å². The van der Waals surface area contributed by atoms with Crippen molar-refractivity contribution in [1.29, 1.82) is 0 Å². The summed E-state index contributed by atoms with van der Waals surface area (Å²) in [5, 5.41) is 11.2. The molecule has 0 bridgehead atoms. The van der Waals surface area contributed by atoms with Gasteiger partial charge in [0.1, 0.15) is 16.9 Å². The van der Waals surface area contributed by atoms with E-state index in [1.165, 1.54) is 49.2 Å². The molecule has 184 valence electrons. The van der Waals surface area contributed by atoms with E-state index in [9.17, 15) is 29.1 Å². The molecule has 3 aromatic heterocycles. The Kier molecular flexibility index (Phi) is 5.36. The van der Waals surface area contributed by atoms with E-state index < -0.39 is 46.2 Å². The number of hydroxylamine groups is 2. The van der Waals surface area contributed by atoms with Gasteiger partial charge < -0.3 is 5.11 Å². The van der Waals surface area contributed by atoms with Crippen LogP contribution in [0.4, 0.5) is 0 Å². The molecular formula is C24H20N4O7S. The molecule has 1 saturated carbocycles. The first-order chi connectivity index (χ1) is 17.1. The summed E-state index contributed by atoms with van der Waals surface area (Å²) in [5.41, 5.74) is -3.63. The Morgan fingerprint density at radius 1 is 1.28 bits per heavy atom. The molecular weight excluding hydrogens is 488 g/mol. The molecule has 5 rings (SSSR count). The average Bonchev–Trinajstić information content (AvgIpc) is 3.46. The Labute approximate surface area is 208 Å². The van der Waals surface area contributed by atoms with Crippen molar-refractivity contribution >= 4 is 45.2 Å². The van der Waals surface area contributed by atoms with Gasteiger partial charge >= 0.3 is 0 Å². The molecule has 11 nitrogen and oxygen atoms in total. The molecule has 4 atom stereocenters. The van der Waals surface area contributed by atoms with Crippen molar-refractivity contribution in [3.63, 3.8) is 0 Å². The third-order valence-corrected chi connectivity index (χ3v) is 8.04. The predicted octanol–water partition coefficient (Wildman–Crippen LogP) is 1.06. The summed E-state index contributed by atoms with van der Waals surface area (Å²) in [7, 11) is 0. The summed E-state index contributed by atoms with van der Waals surface area (Å²) in [5.74, 6) is -5.09. The minimum Gasteiger partial charge on any atom is -0.392 e. The number of aliphatic hydroxyl groups excluding tert-OH is 1. The zero-order valence-electron chi connectivity index (χ0n) is 19.2. The number of fused-ring (bicyclic) bond motifs is 2. The quantitative estimate of drug-likeness (QED) is 0.147. The van der Waals surface area contributed by atoms with Gasteiger partial charge in [0.25, 0.3) is 5.91 Å². The number of Topliss-reactive ketones (excluding diaryl/α,β-unsaturated/α-hetero) is 3. The van der Waals surface area contributed by atoms with Crippen LogP contribution < -0.4 is 0 Å². The fraction of sp³-hybridized carbons (Fsp3) is 0.292. The van der Waals surface area contributed by atoms with Crippen LogP contribution in [0.15, 0.2) is 49.7 Å². The summed E-state index contributed by atoms with van der Waals surface area (Å²) in [4.78, 5) is 79.2. The van der Waals surface area contributed by atoms with Crippen molar-refractivity contribution in [2.75, 3.05) is 6.61 Å². The number of thiazole rings is 1. The molecule has 2 fully saturated rings. The second kappa shape index (κ2) is 8.08. The van der Waals surface area contributed by atoms with Gasteiger partial charge in [-0.3, -0.25) is 38.2 Å². The topological polar surface area (TPSA) is 148 Å². The molecule has 36 heavy (non-hydrogen) atoms. The molecule has 1 aliphatic heterocycles. The minimum absolute atomic E-state index is 0.126. The van der Waals surface area contributed by atoms with Gasteiger partial charge in [0.15, 0.2) is 16.7 Å². The Hall–Kier alpha value is -3.87. The van der Waals surface area contributed by atoms with Crippen LogP contribution >= 0.6 is 11.3 Å². The summed E-state index contributed by atoms with van der Waals surface area (Å²) in [6.45, 7) is 6.00. The number of β-lactam (4-membered cyclic amide) rings is 1. The molecule has 4 heterocycles. The van der Waals surface area contributed by atoms with E-state index in [1.807, 2.05) is 0 Å². The number of ketones is 4. The number of hydrogen-bond donors (Lipinski definition) is 1. The smallest absolute Gasteiger partial charge is 0.267 e. The van der Waals surface area contributed by atoms with Crippen molar-refractivity contribution in [3.05, 3.63) is 65.8 Å². The van der Waals surface area contributed by atoms with Crippen molar-refractivity contribution in [2.45, 2.75) is 25.5 Å². The fourth-order valence-electron chi connectivity index (χ4n) is 5.22. The van der Waals surface area contributed by atoms with Gasteiger partial charge in [-0.15, -0.1) is 17.9 Å². The van der Waals surface area contributed by atoms with Crippen LogP contribution in [-0.4, -0.2) is 71.8 Å². The molecule has 12 heteroatoms. The first-order valence-corrected chi connectivity index (χ1v) is 11.8. The standard InChI is InChI=1S/C24H20N4O7S/c1-4-8-35-28-22(34)23(13(3)29)19(32)20(33)24(23,28)12(2)17(30)15-10-27-11-26-16(21(27)36-15)18(31)14-6-5-7-25-9-14/h4-7,9-13,29H,1,8H2,2-3H3/t12-,13+,23+,24-/m0/s1. The Morgan fingerprint density at radius 2 is 2.03 bits per heavy atom. The minimum atomic E-state index is -2.09. The lowest BCUT2D eigenvalue weighted by Crippen LogP contribution is -2.97. The first kappa shape index (κ1) is 23.9. The molecule has 1 aliphatic carbocycles. The summed E-state index contributed by atoms with van der Waals surface area (Å²) in [6, 6.07) is 3.22. The summed E-state index contributed by atoms with van der Waals surface area (Å²) >= 11 is 0.986. The number of carbonyl (C=O) groups excluding carboxylic acids is 5. The number of amides is 1. The summed E-state index contributed by atoms with van der Waals surface area (Å²) in [6.07, 6.45) is 5.62. The van der Waals surface area contributed by atoms with Gasteiger partial charge in [-0.1, -0.05) is 13.0 Å². The maximum atomic E-state index is 13.6. The molecule has 0 spiro atoms. The van der Waals surface area contributed by atoms with Gasteiger partial charge in [0, 0.05) is 24.2 Å². The third-order valence-electron chi connectivity index (χ3n) is 6.91. The lowest BCUT2D eigenvalue weighted by atomic mass is 9.40. The van der Waals surface area contributed by atoms with Gasteiger partial charge in [0.2, 0.25) is 17.3 Å². The number of pyridine rings is 1. The second-order valence-corrected chi connectivity index (χ2v) is 9.68. The highest BCUT2D eigenvalue weighted by Gasteiger charge is 2.92. The first-order valence-electron chi connectivity index (χ1n) is 11.0. The van der Waals surface area contributed by atoms with Crippen LogP contribution in [0.1, 0.15) is 39.6 Å². The predicted molar refractivity (Wildman–Crippen MR) is 124 cm³/mol. The average molecular weight is 509 g/mol. The fourth-order valence-corrected chi connectivity index (χ4v) is 6.32. The van der Waals surface area contributed by atoms with E-state index in [0.717, 1.165) is 16.4 Å². The van der Waals surface area contributed by atoms with Crippen LogP contribution in [0.5, 0.6) is 0 Å². The van der Waals surface area contributed by atoms with Gasteiger partial charge in [-0.2, -0.15) is 0 Å². The zero-order chi connectivity index (χ0) is 26.0. The van der Waals surface area contributed by atoms with Crippen LogP contribution in [0, 0.1) is 11.3 Å². The number of hydrogen-bond acceptors (Lipinski definition) is 10. The van der Waals surface area contributed by atoms with Gasteiger partial charge in [-0.25, -0.2) is 10.0 Å². The van der Waals surface area contributed by atoms with Crippen LogP contribution in [0.2, 0.25) is 0 Å². The zero-order valence-corrected chi connectivity index (χ0v) is 20.0. The van der Waals surface area contributed by atoms with E-state index >= 15 is 0 Å². The summed E-state index contributed by atoms with van der Waals surface area (Å²) < 4.78 is 1.51. The van der Waals surface area contributed by atoms with Crippen LogP contribution in [0.3, 0.4) is 0 Å². The number of aromatic nitrogens is 3.